The normalized spacial score (nSPS) is 23.4. The maximum Gasteiger partial charge on any atom is 0.466 e. The molecule has 0 saturated carbocycles. The molecule has 3 N–H and O–H groups in total. The molecule has 1 atom stereocenters. The van der Waals surface area contributed by atoms with Crippen molar-refractivity contribution in [3.8, 4) is 5.75 Å². The van der Waals surface area contributed by atoms with Gasteiger partial charge in [0.1, 0.15) is 12.1 Å². The molecular weight excluding hydrogens is 329 g/mol. The van der Waals surface area contributed by atoms with E-state index in [0.29, 0.717) is 17.9 Å². The number of hydroxylamine groups is 1. The molecule has 1 aliphatic heterocycles. The Balaban J connectivity index is 1.88. The van der Waals surface area contributed by atoms with Crippen molar-refractivity contribution in [1.82, 2.24) is 15.4 Å². The van der Waals surface area contributed by atoms with Gasteiger partial charge in [-0.2, -0.15) is 5.48 Å². The summed E-state index contributed by atoms with van der Waals surface area (Å²) in [7, 11) is -1.60. The highest BCUT2D eigenvalue weighted by Gasteiger charge is 2.49. The number of aromatic nitrogens is 2. The van der Waals surface area contributed by atoms with Crippen molar-refractivity contribution in [3.05, 3.63) is 59.2 Å². The summed E-state index contributed by atoms with van der Waals surface area (Å²) in [5.41, 5.74) is 6.25. The molecule has 4 rings (SSSR count). The van der Waals surface area contributed by atoms with Crippen molar-refractivity contribution in [2.75, 3.05) is 6.54 Å². The first kappa shape index (κ1) is 17.2. The van der Waals surface area contributed by atoms with Gasteiger partial charge < -0.3 is 14.9 Å². The van der Waals surface area contributed by atoms with E-state index in [2.05, 4.69) is 35.4 Å². The zero-order chi connectivity index (χ0) is 18.4. The van der Waals surface area contributed by atoms with Crippen LogP contribution in [0.5, 0.6) is 5.75 Å². The summed E-state index contributed by atoms with van der Waals surface area (Å²) < 4.78 is 0. The molecule has 1 aromatic heterocycles. The Morgan fingerprint density at radius 2 is 1.96 bits per heavy atom. The van der Waals surface area contributed by atoms with Crippen LogP contribution in [0.2, 0.25) is 0 Å². The molecule has 2 aromatic rings. The minimum atomic E-state index is -1.60. The first-order chi connectivity index (χ1) is 12.4. The number of rotatable bonds is 2. The van der Waals surface area contributed by atoms with Crippen molar-refractivity contribution in [2.24, 2.45) is 5.41 Å². The summed E-state index contributed by atoms with van der Waals surface area (Å²) in [5.74, 6) is 0.693. The van der Waals surface area contributed by atoms with Crippen LogP contribution in [0, 0.1) is 5.41 Å². The van der Waals surface area contributed by atoms with Gasteiger partial charge in [0.05, 0.1) is 16.7 Å². The molecule has 7 heteroatoms. The smallest absolute Gasteiger partial charge is 0.426 e. The topological polar surface area (TPSA) is 87.5 Å². The van der Waals surface area contributed by atoms with Gasteiger partial charge in [-0.1, -0.05) is 38.1 Å². The molecule has 134 valence electrons. The van der Waals surface area contributed by atoms with E-state index in [1.807, 2.05) is 30.3 Å². The van der Waals surface area contributed by atoms with Crippen LogP contribution < -0.4 is 10.3 Å². The predicted molar refractivity (Wildman–Crippen MR) is 99.2 cm³/mol. The average Bonchev–Trinajstić information content (AvgIpc) is 2.80. The Bertz CT molecular complexity index is 869. The quantitative estimate of drug-likeness (QED) is 0.710. The number of hydrogen-bond acceptors (Lipinski definition) is 6. The van der Waals surface area contributed by atoms with E-state index >= 15 is 0 Å². The molecule has 2 heterocycles. The third kappa shape index (κ3) is 2.82. The second kappa shape index (κ2) is 6.19. The lowest BCUT2D eigenvalue weighted by Crippen LogP contribution is -2.53. The van der Waals surface area contributed by atoms with Gasteiger partial charge in [-0.05, 0) is 36.0 Å². The molecule has 0 bridgehead atoms. The molecule has 1 aliphatic carbocycles. The van der Waals surface area contributed by atoms with Gasteiger partial charge in [-0.15, -0.1) is 0 Å². The van der Waals surface area contributed by atoms with Crippen LogP contribution in [0.15, 0.2) is 36.7 Å². The zero-order valence-corrected chi connectivity index (χ0v) is 14.9. The number of para-hydroxylation sites is 1. The second-order valence-electron chi connectivity index (χ2n) is 7.82. The van der Waals surface area contributed by atoms with Gasteiger partial charge in [0.25, 0.3) is 0 Å². The highest BCUT2D eigenvalue weighted by atomic mass is 16.6. The molecule has 0 saturated heterocycles. The molecule has 6 nitrogen and oxygen atoms in total. The highest BCUT2D eigenvalue weighted by molar-refractivity contribution is 6.46. The standard InChI is InChI=1S/C19H22BN3O3/c1-18(2)8-7-15-14(10-18)17(22-12-21-15)19(20(24)25)9-13-5-3-4-6-16(13)26-23-11-19/h3-8,12,23-25H,9-11H2,1-2H3. The van der Waals surface area contributed by atoms with Crippen molar-refractivity contribution >= 4 is 13.2 Å². The first-order valence-electron chi connectivity index (χ1n) is 8.79. The maximum atomic E-state index is 10.4. The Labute approximate surface area is 153 Å². The lowest BCUT2D eigenvalue weighted by Gasteiger charge is -2.35. The van der Waals surface area contributed by atoms with Gasteiger partial charge in [0.2, 0.25) is 0 Å². The van der Waals surface area contributed by atoms with E-state index in [1.54, 1.807) is 0 Å². The lowest BCUT2D eigenvalue weighted by atomic mass is 9.52. The zero-order valence-electron chi connectivity index (χ0n) is 14.9. The van der Waals surface area contributed by atoms with Crippen molar-refractivity contribution in [2.45, 2.75) is 32.0 Å². The number of allylic oxidation sites excluding steroid dienone is 1. The summed E-state index contributed by atoms with van der Waals surface area (Å²) in [6.45, 7) is 4.52. The third-order valence-corrected chi connectivity index (χ3v) is 5.32. The van der Waals surface area contributed by atoms with Crippen LogP contribution >= 0.6 is 0 Å². The fraction of sp³-hybridized carbons (Fsp3) is 0.368. The van der Waals surface area contributed by atoms with Gasteiger partial charge >= 0.3 is 7.12 Å². The molecule has 1 unspecified atom stereocenters. The molecule has 2 aliphatic rings. The van der Waals surface area contributed by atoms with Crippen LogP contribution in [0.3, 0.4) is 0 Å². The lowest BCUT2D eigenvalue weighted by molar-refractivity contribution is 0.181. The number of hydrogen-bond donors (Lipinski definition) is 3. The Morgan fingerprint density at radius 1 is 1.15 bits per heavy atom. The summed E-state index contributed by atoms with van der Waals surface area (Å²) in [4.78, 5) is 14.5. The van der Waals surface area contributed by atoms with Crippen LogP contribution in [-0.4, -0.2) is 33.7 Å². The van der Waals surface area contributed by atoms with E-state index in [-0.39, 0.29) is 12.0 Å². The minimum Gasteiger partial charge on any atom is -0.426 e. The Kier molecular flexibility index (Phi) is 4.10. The number of nitrogens with one attached hydrogen (secondary N) is 1. The fourth-order valence-electron chi connectivity index (χ4n) is 3.86. The molecule has 1 aromatic carbocycles. The average molecular weight is 351 g/mol. The number of nitrogens with zero attached hydrogens (tertiary/aromatic N) is 2. The summed E-state index contributed by atoms with van der Waals surface area (Å²) in [5, 5.41) is 19.9. The number of fused-ring (bicyclic) bond motifs is 2. The van der Waals surface area contributed by atoms with Crippen molar-refractivity contribution in [1.29, 1.82) is 0 Å². The Morgan fingerprint density at radius 3 is 2.77 bits per heavy atom. The summed E-state index contributed by atoms with van der Waals surface area (Å²) in [6.07, 6.45) is 6.78. The second-order valence-corrected chi connectivity index (χ2v) is 7.82. The SMILES string of the molecule is CC1(C)C=Cc2ncnc(C3(B(O)O)CNOc4ccccc4C3)c2C1. The molecule has 0 radical (unpaired) electrons. The predicted octanol–water partition coefficient (Wildman–Crippen LogP) is 1.46. The fourth-order valence-corrected chi connectivity index (χ4v) is 3.86. The van der Waals surface area contributed by atoms with Crippen LogP contribution in [0.25, 0.3) is 6.08 Å². The largest absolute Gasteiger partial charge is 0.466 e. The van der Waals surface area contributed by atoms with E-state index in [0.717, 1.165) is 23.2 Å². The van der Waals surface area contributed by atoms with Crippen LogP contribution in [0.4, 0.5) is 0 Å². The van der Waals surface area contributed by atoms with E-state index in [4.69, 9.17) is 4.84 Å². The Hall–Kier alpha value is -2.22. The van der Waals surface area contributed by atoms with Gasteiger partial charge in [0.15, 0.2) is 0 Å². The number of benzene rings is 1. The highest BCUT2D eigenvalue weighted by Crippen LogP contribution is 2.40. The molecule has 0 fully saturated rings. The van der Waals surface area contributed by atoms with Crippen LogP contribution in [-0.2, 0) is 18.2 Å². The first-order valence-corrected chi connectivity index (χ1v) is 8.79. The maximum absolute atomic E-state index is 10.4. The molecule has 26 heavy (non-hydrogen) atoms. The molecular formula is C19H22BN3O3. The summed E-state index contributed by atoms with van der Waals surface area (Å²) >= 11 is 0. The van der Waals surface area contributed by atoms with E-state index in [1.165, 1.54) is 6.33 Å². The van der Waals surface area contributed by atoms with Crippen LogP contribution in [0.1, 0.15) is 36.4 Å². The third-order valence-electron chi connectivity index (χ3n) is 5.32. The summed E-state index contributed by atoms with van der Waals surface area (Å²) in [6, 6.07) is 7.62. The monoisotopic (exact) mass is 351 g/mol. The molecule has 0 amide bonds. The van der Waals surface area contributed by atoms with Gasteiger partial charge in [-0.25, -0.2) is 9.97 Å². The van der Waals surface area contributed by atoms with Gasteiger partial charge in [-0.3, -0.25) is 0 Å². The van der Waals surface area contributed by atoms with E-state index in [9.17, 15) is 10.0 Å². The van der Waals surface area contributed by atoms with E-state index < -0.39 is 12.4 Å². The van der Waals surface area contributed by atoms with Gasteiger partial charge in [0, 0.05) is 12.1 Å². The minimum absolute atomic E-state index is 0.0410. The van der Waals surface area contributed by atoms with Crippen molar-refractivity contribution in [3.63, 3.8) is 0 Å². The molecule has 0 spiro atoms. The van der Waals surface area contributed by atoms with Crippen molar-refractivity contribution < 1.29 is 14.9 Å².